The number of esters is 2. The number of nitrogen functional groups attached to an aromatic ring is 1. The number of hydrogen-bond donors (Lipinski definition) is 1. The van der Waals surface area contributed by atoms with Crippen molar-refractivity contribution in [2.75, 3.05) is 5.73 Å². The highest BCUT2D eigenvalue weighted by atomic mass is 19.1. The number of nitrogens with zero attached hydrogens (tertiary/aromatic N) is 1. The van der Waals surface area contributed by atoms with Crippen LogP contribution in [0.1, 0.15) is 26.3 Å². The largest absolute Gasteiger partial charge is 0.397 e. The number of carbonyl (C=O) groups is 2. The van der Waals surface area contributed by atoms with Crippen LogP contribution in [0.3, 0.4) is 0 Å². The van der Waals surface area contributed by atoms with Crippen molar-refractivity contribution in [2.24, 2.45) is 0 Å². The lowest BCUT2D eigenvalue weighted by molar-refractivity contribution is 0.0444. The number of nitrogens with two attached hydrogens (primary N) is 1. The molecule has 3 aromatic rings. The van der Waals surface area contributed by atoms with Gasteiger partial charge in [0.15, 0.2) is 0 Å². The Kier molecular flexibility index (Phi) is 3.71. The number of fused-ring (bicyclic) bond motifs is 1. The van der Waals surface area contributed by atoms with Gasteiger partial charge >= 0.3 is 11.9 Å². The van der Waals surface area contributed by atoms with Crippen molar-refractivity contribution in [3.05, 3.63) is 77.1 Å². The fraction of sp³-hybridized carbons (Fsp3) is 0. The monoisotopic (exact) mass is 358 g/mol. The van der Waals surface area contributed by atoms with Crippen molar-refractivity contribution >= 4 is 17.6 Å². The van der Waals surface area contributed by atoms with Crippen LogP contribution in [0.5, 0.6) is 0 Å². The van der Waals surface area contributed by atoms with E-state index in [1.54, 1.807) is 30.3 Å². The number of rotatable bonds is 2. The van der Waals surface area contributed by atoms with Crippen LogP contribution in [-0.4, -0.2) is 11.9 Å². The summed E-state index contributed by atoms with van der Waals surface area (Å²) in [5.41, 5.74) is 7.74. The Bertz CT molecular complexity index is 1150. The van der Waals surface area contributed by atoms with Crippen LogP contribution in [0.4, 0.5) is 10.1 Å². The molecule has 130 valence electrons. The molecule has 0 spiro atoms. The highest BCUT2D eigenvalue weighted by Gasteiger charge is 2.38. The van der Waals surface area contributed by atoms with E-state index in [1.165, 1.54) is 24.3 Å². The van der Waals surface area contributed by atoms with Gasteiger partial charge in [-0.25, -0.2) is 14.0 Å². The van der Waals surface area contributed by atoms with Crippen LogP contribution in [0.25, 0.3) is 22.3 Å². The molecule has 4 rings (SSSR count). The lowest BCUT2D eigenvalue weighted by Crippen LogP contribution is -2.07. The second kappa shape index (κ2) is 6.07. The Labute approximate surface area is 153 Å². The summed E-state index contributed by atoms with van der Waals surface area (Å²) < 4.78 is 18.1. The molecule has 0 saturated carbocycles. The molecule has 1 heterocycles. The number of nitriles is 1. The molecule has 0 aromatic heterocycles. The first-order valence-corrected chi connectivity index (χ1v) is 8.00. The molecule has 0 saturated heterocycles. The fourth-order valence-electron chi connectivity index (χ4n) is 3.29. The lowest BCUT2D eigenvalue weighted by atomic mass is 9.85. The van der Waals surface area contributed by atoms with Gasteiger partial charge in [0.05, 0.1) is 22.4 Å². The molecule has 1 aliphatic rings. The zero-order chi connectivity index (χ0) is 19.1. The number of hydrogen-bond acceptors (Lipinski definition) is 5. The second-order valence-electron chi connectivity index (χ2n) is 5.95. The average molecular weight is 358 g/mol. The minimum atomic E-state index is -0.863. The van der Waals surface area contributed by atoms with Crippen LogP contribution in [0.15, 0.2) is 54.6 Å². The van der Waals surface area contributed by atoms with Crippen LogP contribution < -0.4 is 5.73 Å². The number of ether oxygens (including phenoxy) is 1. The topological polar surface area (TPSA) is 93.2 Å². The summed E-state index contributed by atoms with van der Waals surface area (Å²) in [4.78, 5) is 24.6. The Morgan fingerprint density at radius 1 is 0.815 bits per heavy atom. The summed E-state index contributed by atoms with van der Waals surface area (Å²) >= 11 is 0. The molecule has 1 aliphatic heterocycles. The lowest BCUT2D eigenvalue weighted by Gasteiger charge is -2.16. The average Bonchev–Trinajstić information content (AvgIpc) is 2.97. The van der Waals surface area contributed by atoms with E-state index in [0.29, 0.717) is 11.1 Å². The van der Waals surface area contributed by atoms with Gasteiger partial charge in [-0.1, -0.05) is 42.5 Å². The van der Waals surface area contributed by atoms with E-state index in [1.807, 2.05) is 0 Å². The van der Waals surface area contributed by atoms with Crippen molar-refractivity contribution < 1.29 is 18.7 Å². The standard InChI is InChI=1S/C21H11FN2O3/c22-13-8-6-12(7-9-13)16-14(10-23)15(11-4-2-1-3-5-11)17-18(19(16)24)21(26)27-20(17)25/h1-9H,24H2. The predicted octanol–water partition coefficient (Wildman–Crippen LogP) is 3.92. The first-order valence-electron chi connectivity index (χ1n) is 8.00. The quantitative estimate of drug-likeness (QED) is 0.426. The van der Waals surface area contributed by atoms with E-state index in [2.05, 4.69) is 6.07 Å². The summed E-state index contributed by atoms with van der Waals surface area (Å²) in [6.45, 7) is 0. The minimum Gasteiger partial charge on any atom is -0.397 e. The molecule has 0 radical (unpaired) electrons. The van der Waals surface area contributed by atoms with Gasteiger partial charge in [0.25, 0.3) is 0 Å². The molecule has 0 fully saturated rings. The number of halogens is 1. The molecule has 0 aliphatic carbocycles. The highest BCUT2D eigenvalue weighted by molar-refractivity contribution is 6.23. The van der Waals surface area contributed by atoms with E-state index < -0.39 is 17.8 Å². The summed E-state index contributed by atoms with van der Waals surface area (Å²) in [7, 11) is 0. The SMILES string of the molecule is N#Cc1c(-c2ccc(F)cc2)c(N)c2c(c1-c1ccccc1)C(=O)OC2=O. The third-order valence-electron chi connectivity index (χ3n) is 4.44. The minimum absolute atomic E-state index is 0.0221. The summed E-state index contributed by atoms with van der Waals surface area (Å²) in [6, 6.07) is 16.2. The van der Waals surface area contributed by atoms with Crippen LogP contribution in [0.2, 0.25) is 0 Å². The van der Waals surface area contributed by atoms with Crippen molar-refractivity contribution in [1.29, 1.82) is 5.26 Å². The summed E-state index contributed by atoms with van der Waals surface area (Å²) in [6.07, 6.45) is 0. The second-order valence-corrected chi connectivity index (χ2v) is 5.95. The number of carbonyl (C=O) groups excluding carboxylic acids is 2. The van der Waals surface area contributed by atoms with Crippen molar-refractivity contribution in [3.8, 4) is 28.3 Å². The molecule has 5 nitrogen and oxygen atoms in total. The van der Waals surface area contributed by atoms with Gasteiger partial charge in [0.2, 0.25) is 0 Å². The maximum absolute atomic E-state index is 13.3. The van der Waals surface area contributed by atoms with Gasteiger partial charge < -0.3 is 10.5 Å². The van der Waals surface area contributed by atoms with Gasteiger partial charge in [0, 0.05) is 11.1 Å². The van der Waals surface area contributed by atoms with E-state index in [9.17, 15) is 19.2 Å². The van der Waals surface area contributed by atoms with Gasteiger partial charge in [-0.2, -0.15) is 5.26 Å². The van der Waals surface area contributed by atoms with Gasteiger partial charge in [-0.05, 0) is 23.3 Å². The number of cyclic esters (lactones) is 2. The van der Waals surface area contributed by atoms with Crippen molar-refractivity contribution in [2.45, 2.75) is 0 Å². The first kappa shape index (κ1) is 16.5. The van der Waals surface area contributed by atoms with E-state index >= 15 is 0 Å². The van der Waals surface area contributed by atoms with Crippen molar-refractivity contribution in [3.63, 3.8) is 0 Å². The normalized spacial score (nSPS) is 12.4. The molecular weight excluding hydrogens is 347 g/mol. The maximum atomic E-state index is 13.3. The van der Waals surface area contributed by atoms with Crippen LogP contribution in [0, 0.1) is 17.1 Å². The first-order chi connectivity index (χ1) is 13.0. The molecule has 27 heavy (non-hydrogen) atoms. The van der Waals surface area contributed by atoms with Gasteiger partial charge in [-0.15, -0.1) is 0 Å². The summed E-state index contributed by atoms with van der Waals surface area (Å²) in [5.74, 6) is -2.16. The predicted molar refractivity (Wildman–Crippen MR) is 96.1 cm³/mol. The zero-order valence-corrected chi connectivity index (χ0v) is 13.8. The zero-order valence-electron chi connectivity index (χ0n) is 13.8. The van der Waals surface area contributed by atoms with E-state index in [0.717, 1.165) is 0 Å². The number of anilines is 1. The highest BCUT2D eigenvalue weighted by Crippen LogP contribution is 2.44. The van der Waals surface area contributed by atoms with Crippen LogP contribution in [-0.2, 0) is 4.74 Å². The molecule has 0 atom stereocenters. The maximum Gasteiger partial charge on any atom is 0.349 e. The number of benzene rings is 3. The molecule has 0 unspecified atom stereocenters. The third-order valence-corrected chi connectivity index (χ3v) is 4.44. The Morgan fingerprint density at radius 2 is 1.41 bits per heavy atom. The van der Waals surface area contributed by atoms with Gasteiger partial charge in [-0.3, -0.25) is 0 Å². The molecule has 0 amide bonds. The molecule has 2 N–H and O–H groups in total. The fourth-order valence-corrected chi connectivity index (χ4v) is 3.29. The molecular formula is C21H11FN2O3. The van der Waals surface area contributed by atoms with Gasteiger partial charge in [0.1, 0.15) is 11.9 Å². The third kappa shape index (κ3) is 2.45. The summed E-state index contributed by atoms with van der Waals surface area (Å²) in [5, 5.41) is 9.87. The van der Waals surface area contributed by atoms with E-state index in [4.69, 9.17) is 10.5 Å². The molecule has 6 heteroatoms. The Hall–Kier alpha value is -3.98. The van der Waals surface area contributed by atoms with Crippen LogP contribution >= 0.6 is 0 Å². The Morgan fingerprint density at radius 3 is 2.04 bits per heavy atom. The molecule has 3 aromatic carbocycles. The van der Waals surface area contributed by atoms with Crippen molar-refractivity contribution in [1.82, 2.24) is 0 Å². The molecule has 0 bridgehead atoms. The Balaban J connectivity index is 2.18. The smallest absolute Gasteiger partial charge is 0.349 e. The van der Waals surface area contributed by atoms with E-state index in [-0.39, 0.29) is 33.5 Å².